The minimum absolute atomic E-state index is 0.0476. The first-order valence-corrected chi connectivity index (χ1v) is 7.99. The second kappa shape index (κ2) is 8.32. The van der Waals surface area contributed by atoms with Gasteiger partial charge in [-0.2, -0.15) is 0 Å². The summed E-state index contributed by atoms with van der Waals surface area (Å²) in [6.07, 6.45) is -0.114. The average Bonchev–Trinajstić information content (AvgIpc) is 2.53. The molecule has 1 aromatic rings. The predicted octanol–water partition coefficient (Wildman–Crippen LogP) is 1.30. The minimum atomic E-state index is -0.738. The van der Waals surface area contributed by atoms with Gasteiger partial charge in [-0.1, -0.05) is 23.2 Å². The molecule has 0 bridgehead atoms. The number of hydrogen-bond donors (Lipinski definition) is 2. The van der Waals surface area contributed by atoms with E-state index in [1.165, 1.54) is 13.2 Å². The third-order valence-electron chi connectivity index (χ3n) is 3.58. The maximum atomic E-state index is 12.2. The Hall–Kier alpha value is -1.83. The van der Waals surface area contributed by atoms with Gasteiger partial charge in [0.2, 0.25) is 11.8 Å². The zero-order valence-corrected chi connectivity index (χ0v) is 14.5. The molecule has 1 saturated heterocycles. The summed E-state index contributed by atoms with van der Waals surface area (Å²) in [7, 11) is 1.25. The number of methoxy groups -OCH3 is 1. The van der Waals surface area contributed by atoms with Crippen LogP contribution in [0.4, 0.5) is 5.69 Å². The number of carbonyl (C=O) groups excluding carboxylic acids is 3. The average molecular weight is 374 g/mol. The zero-order chi connectivity index (χ0) is 17.7. The van der Waals surface area contributed by atoms with E-state index < -0.39 is 12.0 Å². The van der Waals surface area contributed by atoms with Crippen LogP contribution in [0.1, 0.15) is 6.42 Å². The minimum Gasteiger partial charge on any atom is -0.469 e. The van der Waals surface area contributed by atoms with E-state index in [9.17, 15) is 14.4 Å². The van der Waals surface area contributed by atoms with Crippen molar-refractivity contribution in [2.45, 2.75) is 12.5 Å². The number of nitrogens with zero attached hydrogens (tertiary/aromatic N) is 1. The molecule has 0 aromatic heterocycles. The van der Waals surface area contributed by atoms with Gasteiger partial charge in [0, 0.05) is 18.1 Å². The molecule has 1 heterocycles. The van der Waals surface area contributed by atoms with Gasteiger partial charge in [0.05, 0.1) is 30.8 Å². The van der Waals surface area contributed by atoms with E-state index >= 15 is 0 Å². The van der Waals surface area contributed by atoms with Crippen LogP contribution in [0.3, 0.4) is 0 Å². The van der Waals surface area contributed by atoms with Crippen molar-refractivity contribution in [3.8, 4) is 0 Å². The highest BCUT2D eigenvalue weighted by molar-refractivity contribution is 6.36. The molecule has 1 fully saturated rings. The Balaban J connectivity index is 2.02. The first kappa shape index (κ1) is 18.5. The van der Waals surface area contributed by atoms with Crippen molar-refractivity contribution in [3.05, 3.63) is 28.2 Å². The lowest BCUT2D eigenvalue weighted by atomic mass is 10.1. The normalized spacial score (nSPS) is 18.0. The standard InChI is InChI=1S/C15H17Cl2N3O4/c1-24-14(22)7-12-15(23)18-4-5-20(12)8-13(21)19-11-3-2-9(16)6-10(11)17/h2-3,6,12H,4-5,7-8H2,1H3,(H,18,23)(H,19,21)/t12-/m0/s1. The van der Waals surface area contributed by atoms with E-state index in [0.717, 1.165) is 0 Å². The third kappa shape index (κ3) is 4.83. The highest BCUT2D eigenvalue weighted by Crippen LogP contribution is 2.25. The zero-order valence-electron chi connectivity index (χ0n) is 13.0. The molecule has 130 valence electrons. The molecule has 0 unspecified atom stereocenters. The summed E-state index contributed by atoms with van der Waals surface area (Å²) in [6, 6.07) is 3.99. The third-order valence-corrected chi connectivity index (χ3v) is 4.13. The smallest absolute Gasteiger partial charge is 0.307 e. The molecule has 2 N–H and O–H groups in total. The summed E-state index contributed by atoms with van der Waals surface area (Å²) >= 11 is 11.8. The van der Waals surface area contributed by atoms with E-state index in [-0.39, 0.29) is 24.8 Å². The number of amides is 2. The van der Waals surface area contributed by atoms with Crippen molar-refractivity contribution < 1.29 is 19.1 Å². The largest absolute Gasteiger partial charge is 0.469 e. The summed E-state index contributed by atoms with van der Waals surface area (Å²) in [5.74, 6) is -1.16. The number of nitrogens with one attached hydrogen (secondary N) is 2. The summed E-state index contributed by atoms with van der Waals surface area (Å²) in [5, 5.41) is 6.12. The molecular formula is C15H17Cl2N3O4. The van der Waals surface area contributed by atoms with Gasteiger partial charge in [-0.25, -0.2) is 0 Å². The molecular weight excluding hydrogens is 357 g/mol. The summed E-state index contributed by atoms with van der Waals surface area (Å²) in [5.41, 5.74) is 0.428. The van der Waals surface area contributed by atoms with Gasteiger partial charge in [-0.15, -0.1) is 0 Å². The second-order valence-corrected chi connectivity index (χ2v) is 6.07. The van der Waals surface area contributed by atoms with Gasteiger partial charge in [0.25, 0.3) is 0 Å². The fourth-order valence-electron chi connectivity index (χ4n) is 2.38. The van der Waals surface area contributed by atoms with Crippen LogP contribution >= 0.6 is 23.2 Å². The fourth-order valence-corrected chi connectivity index (χ4v) is 2.84. The van der Waals surface area contributed by atoms with Crippen LogP contribution in [-0.2, 0) is 19.1 Å². The molecule has 1 aliphatic rings. The van der Waals surface area contributed by atoms with Crippen molar-refractivity contribution >= 4 is 46.7 Å². The molecule has 0 aliphatic carbocycles. The number of anilines is 1. The van der Waals surface area contributed by atoms with E-state index in [1.54, 1.807) is 17.0 Å². The highest BCUT2D eigenvalue weighted by atomic mass is 35.5. The molecule has 1 atom stereocenters. The number of carbonyl (C=O) groups is 3. The Morgan fingerprint density at radius 2 is 2.17 bits per heavy atom. The highest BCUT2D eigenvalue weighted by Gasteiger charge is 2.33. The topological polar surface area (TPSA) is 87.7 Å². The van der Waals surface area contributed by atoms with Crippen LogP contribution in [0.15, 0.2) is 18.2 Å². The number of esters is 1. The van der Waals surface area contributed by atoms with Gasteiger partial charge in [0.1, 0.15) is 6.04 Å². The maximum absolute atomic E-state index is 12.2. The molecule has 0 radical (unpaired) electrons. The Bertz CT molecular complexity index is 654. The number of halogens is 2. The molecule has 2 amide bonds. The molecule has 1 aromatic carbocycles. The number of hydrogen-bond acceptors (Lipinski definition) is 5. The molecule has 24 heavy (non-hydrogen) atoms. The first-order chi connectivity index (χ1) is 11.4. The molecule has 0 spiro atoms. The lowest BCUT2D eigenvalue weighted by Crippen LogP contribution is -2.57. The fraction of sp³-hybridized carbons (Fsp3) is 0.400. The Morgan fingerprint density at radius 1 is 1.42 bits per heavy atom. The van der Waals surface area contributed by atoms with Crippen molar-refractivity contribution in [3.63, 3.8) is 0 Å². The molecule has 0 saturated carbocycles. The lowest BCUT2D eigenvalue weighted by Gasteiger charge is -2.33. The number of rotatable bonds is 5. The Labute approximate surface area is 149 Å². The number of ether oxygens (including phenoxy) is 1. The summed E-state index contributed by atoms with van der Waals surface area (Å²) in [4.78, 5) is 37.3. The van der Waals surface area contributed by atoms with Crippen molar-refractivity contribution in [2.24, 2.45) is 0 Å². The second-order valence-electron chi connectivity index (χ2n) is 5.23. The van der Waals surface area contributed by atoms with Gasteiger partial charge in [-0.05, 0) is 18.2 Å². The maximum Gasteiger partial charge on any atom is 0.307 e. The Kier molecular flexibility index (Phi) is 6.42. The van der Waals surface area contributed by atoms with E-state index in [4.69, 9.17) is 23.2 Å². The summed E-state index contributed by atoms with van der Waals surface area (Å²) in [6.45, 7) is 0.814. The molecule has 2 rings (SSSR count). The van der Waals surface area contributed by atoms with Crippen molar-refractivity contribution in [1.82, 2.24) is 10.2 Å². The van der Waals surface area contributed by atoms with Crippen LogP contribution < -0.4 is 10.6 Å². The van der Waals surface area contributed by atoms with Crippen LogP contribution in [-0.4, -0.2) is 55.5 Å². The first-order valence-electron chi connectivity index (χ1n) is 7.24. The van der Waals surface area contributed by atoms with Crippen LogP contribution in [0.5, 0.6) is 0 Å². The van der Waals surface area contributed by atoms with Crippen LogP contribution in [0.2, 0.25) is 10.0 Å². The van der Waals surface area contributed by atoms with E-state index in [0.29, 0.717) is 28.8 Å². The van der Waals surface area contributed by atoms with Gasteiger partial charge in [-0.3, -0.25) is 19.3 Å². The van der Waals surface area contributed by atoms with Crippen LogP contribution in [0.25, 0.3) is 0 Å². The molecule has 9 heteroatoms. The molecule has 1 aliphatic heterocycles. The van der Waals surface area contributed by atoms with E-state index in [1.807, 2.05) is 0 Å². The van der Waals surface area contributed by atoms with Crippen molar-refractivity contribution in [2.75, 3.05) is 32.1 Å². The number of piperazine rings is 1. The summed E-state index contributed by atoms with van der Waals surface area (Å²) < 4.78 is 4.60. The SMILES string of the molecule is COC(=O)C[C@H]1C(=O)NCCN1CC(=O)Nc1ccc(Cl)cc1Cl. The quantitative estimate of drug-likeness (QED) is 0.759. The number of benzene rings is 1. The van der Waals surface area contributed by atoms with E-state index in [2.05, 4.69) is 15.4 Å². The van der Waals surface area contributed by atoms with Gasteiger partial charge < -0.3 is 15.4 Å². The Morgan fingerprint density at radius 3 is 2.83 bits per heavy atom. The monoisotopic (exact) mass is 373 g/mol. The lowest BCUT2D eigenvalue weighted by molar-refractivity contribution is -0.146. The van der Waals surface area contributed by atoms with Gasteiger partial charge >= 0.3 is 5.97 Å². The van der Waals surface area contributed by atoms with Crippen LogP contribution in [0, 0.1) is 0 Å². The van der Waals surface area contributed by atoms with Crippen molar-refractivity contribution in [1.29, 1.82) is 0 Å². The molecule has 7 nitrogen and oxygen atoms in total. The predicted molar refractivity (Wildman–Crippen MR) is 90.1 cm³/mol. The van der Waals surface area contributed by atoms with Gasteiger partial charge in [0.15, 0.2) is 0 Å².